The monoisotopic (exact) mass is 483 g/mol. The smallest absolute Gasteiger partial charge is 0.223 e. The number of nitrogens with one attached hydrogen (secondary N) is 2. The van der Waals surface area contributed by atoms with E-state index < -0.39 is 0 Å². The average Bonchev–Trinajstić information content (AvgIpc) is 2.85. The molecule has 1 unspecified atom stereocenters. The summed E-state index contributed by atoms with van der Waals surface area (Å²) in [7, 11) is 0. The van der Waals surface area contributed by atoms with E-state index in [2.05, 4.69) is 15.6 Å². The van der Waals surface area contributed by atoms with Gasteiger partial charge in [-0.1, -0.05) is 53.5 Å². The van der Waals surface area contributed by atoms with Crippen molar-refractivity contribution in [3.05, 3.63) is 82.6 Å². The molecule has 1 aliphatic heterocycles. The molecule has 3 aromatic rings. The molecule has 33 heavy (non-hydrogen) atoms. The maximum absolute atomic E-state index is 13.1. The molecule has 0 aliphatic carbocycles. The van der Waals surface area contributed by atoms with E-state index in [-0.39, 0.29) is 17.9 Å². The minimum atomic E-state index is -0.304. The molecule has 0 bridgehead atoms. The van der Waals surface area contributed by atoms with Gasteiger partial charge in [0.1, 0.15) is 5.75 Å². The quantitative estimate of drug-likeness (QED) is 0.432. The van der Waals surface area contributed by atoms with Gasteiger partial charge in [0.2, 0.25) is 5.91 Å². The Bertz CT molecular complexity index is 1070. The molecule has 0 radical (unpaired) electrons. The third-order valence-corrected chi connectivity index (χ3v) is 6.42. The second-order valence-corrected chi connectivity index (χ2v) is 8.94. The first-order valence-electron chi connectivity index (χ1n) is 11.2. The predicted molar refractivity (Wildman–Crippen MR) is 133 cm³/mol. The Kier molecular flexibility index (Phi) is 8.21. The third-order valence-electron chi connectivity index (χ3n) is 5.85. The van der Waals surface area contributed by atoms with Gasteiger partial charge < -0.3 is 15.4 Å². The Morgan fingerprint density at radius 2 is 1.82 bits per heavy atom. The van der Waals surface area contributed by atoms with Crippen LogP contribution in [0.2, 0.25) is 10.0 Å². The average molecular weight is 484 g/mol. The Morgan fingerprint density at radius 1 is 1.06 bits per heavy atom. The van der Waals surface area contributed by atoms with E-state index in [4.69, 9.17) is 27.9 Å². The lowest BCUT2D eigenvalue weighted by Gasteiger charge is -2.26. The molecule has 2 heterocycles. The molecule has 0 saturated carbocycles. The van der Waals surface area contributed by atoms with Crippen molar-refractivity contribution in [2.75, 3.05) is 19.7 Å². The van der Waals surface area contributed by atoms with Crippen molar-refractivity contribution in [1.29, 1.82) is 0 Å². The highest BCUT2D eigenvalue weighted by Crippen LogP contribution is 2.30. The van der Waals surface area contributed by atoms with Gasteiger partial charge in [0.15, 0.2) is 0 Å². The topological polar surface area (TPSA) is 63.2 Å². The summed E-state index contributed by atoms with van der Waals surface area (Å²) in [6.07, 6.45) is 3.98. The Hall–Kier alpha value is -2.60. The molecule has 4 rings (SSSR count). The molecule has 172 valence electrons. The minimum Gasteiger partial charge on any atom is -0.492 e. The van der Waals surface area contributed by atoms with E-state index >= 15 is 0 Å². The highest BCUT2D eigenvalue weighted by atomic mass is 35.5. The van der Waals surface area contributed by atoms with Gasteiger partial charge in [0.25, 0.3) is 0 Å². The van der Waals surface area contributed by atoms with E-state index in [1.807, 2.05) is 54.6 Å². The van der Waals surface area contributed by atoms with E-state index in [0.717, 1.165) is 42.8 Å². The molecular formula is C26H27Cl2N3O2. The van der Waals surface area contributed by atoms with Crippen LogP contribution in [0.3, 0.4) is 0 Å². The van der Waals surface area contributed by atoms with Gasteiger partial charge in [-0.05, 0) is 61.8 Å². The van der Waals surface area contributed by atoms with Gasteiger partial charge in [-0.15, -0.1) is 0 Å². The molecular weight excluding hydrogens is 457 g/mol. The number of hydrogen-bond acceptors (Lipinski definition) is 4. The molecule has 2 N–H and O–H groups in total. The lowest BCUT2D eigenvalue weighted by Crippen LogP contribution is -2.40. The number of pyridine rings is 1. The van der Waals surface area contributed by atoms with Crippen molar-refractivity contribution in [2.24, 2.45) is 5.92 Å². The molecule has 5 nitrogen and oxygen atoms in total. The second-order valence-electron chi connectivity index (χ2n) is 8.10. The number of ether oxygens (including phenoxy) is 1. The summed E-state index contributed by atoms with van der Waals surface area (Å²) in [6.45, 7) is 2.10. The van der Waals surface area contributed by atoms with Crippen LogP contribution >= 0.6 is 23.2 Å². The van der Waals surface area contributed by atoms with Crippen LogP contribution in [0.4, 0.5) is 0 Å². The Labute approximate surface area is 204 Å². The predicted octanol–water partition coefficient (Wildman–Crippen LogP) is 5.68. The largest absolute Gasteiger partial charge is 0.492 e. The van der Waals surface area contributed by atoms with Crippen LogP contribution in [0, 0.1) is 5.92 Å². The Balaban J connectivity index is 1.57. The number of nitrogens with zero attached hydrogens (tertiary/aromatic N) is 1. The number of carbonyl (C=O) groups is 1. The molecule has 1 atom stereocenters. The molecule has 1 saturated heterocycles. The summed E-state index contributed by atoms with van der Waals surface area (Å²) in [4.78, 5) is 17.8. The number of benzene rings is 2. The first-order valence-corrected chi connectivity index (χ1v) is 12.0. The van der Waals surface area contributed by atoms with Crippen LogP contribution in [-0.2, 0) is 4.79 Å². The standard InChI is InChI=1S/C26H27Cl2N3O2/c27-20-9-7-18(8-10-20)21-4-3-14-30-25(21)23(31-26(32)19-11-15-29-16-12-19)13-17-33-24-6-2-1-5-22(24)28/h1-10,14,19,23,29H,11-13,15-17H2,(H,31,32). The number of rotatable bonds is 8. The highest BCUT2D eigenvalue weighted by Gasteiger charge is 2.26. The van der Waals surface area contributed by atoms with Crippen molar-refractivity contribution in [3.63, 3.8) is 0 Å². The fourth-order valence-electron chi connectivity index (χ4n) is 4.07. The summed E-state index contributed by atoms with van der Waals surface area (Å²) >= 11 is 12.3. The first kappa shape index (κ1) is 23.6. The van der Waals surface area contributed by atoms with Crippen molar-refractivity contribution < 1.29 is 9.53 Å². The van der Waals surface area contributed by atoms with Crippen LogP contribution in [0.25, 0.3) is 11.1 Å². The van der Waals surface area contributed by atoms with Crippen molar-refractivity contribution in [1.82, 2.24) is 15.6 Å². The molecule has 2 aromatic carbocycles. The van der Waals surface area contributed by atoms with Gasteiger partial charge in [0.05, 0.1) is 23.4 Å². The molecule has 1 fully saturated rings. The minimum absolute atomic E-state index is 0.000861. The van der Waals surface area contributed by atoms with Crippen molar-refractivity contribution in [2.45, 2.75) is 25.3 Å². The molecule has 1 aromatic heterocycles. The van der Waals surface area contributed by atoms with Gasteiger partial charge in [-0.25, -0.2) is 0 Å². The van der Waals surface area contributed by atoms with Crippen LogP contribution < -0.4 is 15.4 Å². The zero-order chi connectivity index (χ0) is 23.0. The number of carbonyl (C=O) groups excluding carboxylic acids is 1. The van der Waals surface area contributed by atoms with E-state index in [9.17, 15) is 4.79 Å². The van der Waals surface area contributed by atoms with E-state index in [1.54, 1.807) is 12.3 Å². The molecule has 0 spiro atoms. The van der Waals surface area contributed by atoms with Gasteiger partial charge in [-0.3, -0.25) is 9.78 Å². The maximum Gasteiger partial charge on any atom is 0.223 e. The summed E-state index contributed by atoms with van der Waals surface area (Å²) in [5.41, 5.74) is 2.77. The van der Waals surface area contributed by atoms with Crippen LogP contribution in [0.5, 0.6) is 5.75 Å². The first-order chi connectivity index (χ1) is 16.1. The van der Waals surface area contributed by atoms with Crippen LogP contribution in [-0.4, -0.2) is 30.6 Å². The van der Waals surface area contributed by atoms with Gasteiger partial charge >= 0.3 is 0 Å². The van der Waals surface area contributed by atoms with Crippen LogP contribution in [0.1, 0.15) is 31.0 Å². The molecule has 7 heteroatoms. The number of amides is 1. The molecule has 1 amide bonds. The highest BCUT2D eigenvalue weighted by molar-refractivity contribution is 6.32. The second kappa shape index (κ2) is 11.5. The lowest BCUT2D eigenvalue weighted by molar-refractivity contribution is -0.126. The summed E-state index contributed by atoms with van der Waals surface area (Å²) < 4.78 is 5.94. The zero-order valence-corrected chi connectivity index (χ0v) is 19.8. The van der Waals surface area contributed by atoms with E-state index in [1.165, 1.54) is 0 Å². The summed E-state index contributed by atoms with van der Waals surface area (Å²) in [5.74, 6) is 0.689. The van der Waals surface area contributed by atoms with Crippen molar-refractivity contribution in [3.8, 4) is 16.9 Å². The maximum atomic E-state index is 13.1. The van der Waals surface area contributed by atoms with Gasteiger partial charge in [-0.2, -0.15) is 0 Å². The lowest BCUT2D eigenvalue weighted by atomic mass is 9.94. The number of aromatic nitrogens is 1. The fourth-order valence-corrected chi connectivity index (χ4v) is 4.38. The number of halogens is 2. The van der Waals surface area contributed by atoms with Crippen LogP contribution in [0.15, 0.2) is 66.9 Å². The third kappa shape index (κ3) is 6.26. The summed E-state index contributed by atoms with van der Waals surface area (Å²) in [6, 6.07) is 18.6. The SMILES string of the molecule is O=C(NC(CCOc1ccccc1Cl)c1ncccc1-c1ccc(Cl)cc1)C1CCNCC1. The van der Waals surface area contributed by atoms with Gasteiger partial charge in [0, 0.05) is 29.1 Å². The fraction of sp³-hybridized carbons (Fsp3) is 0.308. The zero-order valence-electron chi connectivity index (χ0n) is 18.3. The molecule has 1 aliphatic rings. The number of piperidine rings is 1. The van der Waals surface area contributed by atoms with E-state index in [0.29, 0.717) is 28.8 Å². The summed E-state index contributed by atoms with van der Waals surface area (Å²) in [5, 5.41) is 7.81. The number of hydrogen-bond donors (Lipinski definition) is 2. The Morgan fingerprint density at radius 3 is 2.58 bits per heavy atom. The number of para-hydroxylation sites is 1. The normalized spacial score (nSPS) is 15.1. The van der Waals surface area contributed by atoms with Crippen molar-refractivity contribution >= 4 is 29.1 Å².